The molecule has 3 heteroatoms. The maximum absolute atomic E-state index is 5.63. The van der Waals surface area contributed by atoms with Crippen molar-refractivity contribution in [1.82, 2.24) is 4.90 Å². The molecule has 0 radical (unpaired) electrons. The van der Waals surface area contributed by atoms with Gasteiger partial charge in [0.25, 0.3) is 0 Å². The Bertz CT molecular complexity index is 212. The second-order valence-corrected chi connectivity index (χ2v) is 2.88. The molecule has 0 amide bonds. The van der Waals surface area contributed by atoms with E-state index in [4.69, 9.17) is 5.73 Å². The minimum Gasteiger partial charge on any atom is -0.369 e. The normalized spacial score (nSPS) is 19.0. The van der Waals surface area contributed by atoms with Crippen LogP contribution in [0.3, 0.4) is 0 Å². The van der Waals surface area contributed by atoms with E-state index in [1.807, 2.05) is 13.0 Å². The molecule has 0 saturated carbocycles. The lowest BCUT2D eigenvalue weighted by molar-refractivity contribution is 0.209. The molecule has 1 saturated heterocycles. The molecule has 0 aliphatic carbocycles. The van der Waals surface area contributed by atoms with Crippen LogP contribution in [0, 0.1) is 0 Å². The summed E-state index contributed by atoms with van der Waals surface area (Å²) < 4.78 is 0. The van der Waals surface area contributed by atoms with Crippen molar-refractivity contribution in [2.24, 2.45) is 10.7 Å². The van der Waals surface area contributed by atoms with Crippen LogP contribution in [0.25, 0.3) is 0 Å². The van der Waals surface area contributed by atoms with Gasteiger partial charge in [-0.3, -0.25) is 4.99 Å². The smallest absolute Gasteiger partial charge is 0.0395 e. The lowest BCUT2D eigenvalue weighted by atomic mass is 10.1. The molecule has 2 N–H and O–H groups in total. The van der Waals surface area contributed by atoms with Gasteiger partial charge in [-0.25, -0.2) is 0 Å². The standard InChI is InChI=1S/C9H15N3/c1-3-11-5-4-8(2)12-6-9(10)7-12/h3-5,9H,2,6-7,10H2,1H3/b5-4-,11-3?. The van der Waals surface area contributed by atoms with Crippen LogP contribution in [0.5, 0.6) is 0 Å². The van der Waals surface area contributed by atoms with E-state index in [1.54, 1.807) is 12.4 Å². The Labute approximate surface area is 73.3 Å². The molecule has 0 aromatic heterocycles. The van der Waals surface area contributed by atoms with Gasteiger partial charge in [0.05, 0.1) is 0 Å². The summed E-state index contributed by atoms with van der Waals surface area (Å²) in [5, 5.41) is 0. The van der Waals surface area contributed by atoms with Gasteiger partial charge in [-0.05, 0) is 13.0 Å². The minimum atomic E-state index is 0.324. The molecule has 0 aromatic carbocycles. The Kier molecular flexibility index (Phi) is 3.05. The van der Waals surface area contributed by atoms with Crippen LogP contribution >= 0.6 is 0 Å². The van der Waals surface area contributed by atoms with E-state index in [9.17, 15) is 0 Å². The first-order valence-electron chi connectivity index (χ1n) is 4.08. The molecular formula is C9H15N3. The summed E-state index contributed by atoms with van der Waals surface area (Å²) in [4.78, 5) is 6.08. The SMILES string of the molecule is C=C(/C=C\N=CC)N1CC(N)C1. The van der Waals surface area contributed by atoms with E-state index in [2.05, 4.69) is 16.5 Å². The second-order valence-electron chi connectivity index (χ2n) is 2.88. The molecule has 1 rings (SSSR count). The first-order chi connectivity index (χ1) is 5.74. The number of likely N-dealkylation sites (tertiary alicyclic amines) is 1. The first-order valence-corrected chi connectivity index (χ1v) is 4.08. The van der Waals surface area contributed by atoms with Crippen molar-refractivity contribution in [2.45, 2.75) is 13.0 Å². The van der Waals surface area contributed by atoms with Crippen LogP contribution in [-0.4, -0.2) is 30.2 Å². The summed E-state index contributed by atoms with van der Waals surface area (Å²) in [5.74, 6) is 0. The third kappa shape index (κ3) is 2.20. The molecule has 0 bridgehead atoms. The molecule has 1 heterocycles. The van der Waals surface area contributed by atoms with Crippen LogP contribution in [0.1, 0.15) is 6.92 Å². The molecule has 1 fully saturated rings. The molecule has 0 unspecified atom stereocenters. The predicted molar refractivity (Wildman–Crippen MR) is 52.0 cm³/mol. The lowest BCUT2D eigenvalue weighted by Crippen LogP contribution is -2.54. The van der Waals surface area contributed by atoms with Gasteiger partial charge in [-0.15, -0.1) is 0 Å². The minimum absolute atomic E-state index is 0.324. The van der Waals surface area contributed by atoms with Crippen LogP contribution in [0.4, 0.5) is 0 Å². The number of hydrogen-bond donors (Lipinski definition) is 1. The Morgan fingerprint density at radius 1 is 1.67 bits per heavy atom. The third-order valence-electron chi connectivity index (χ3n) is 1.82. The zero-order valence-electron chi connectivity index (χ0n) is 7.40. The van der Waals surface area contributed by atoms with Gasteiger partial charge in [-0.1, -0.05) is 6.58 Å². The number of aliphatic imine (C=N–C) groups is 1. The molecule has 3 nitrogen and oxygen atoms in total. The van der Waals surface area contributed by atoms with E-state index in [-0.39, 0.29) is 0 Å². The molecule has 1 aliphatic rings. The average Bonchev–Trinajstić information content (AvgIpc) is 1.99. The molecule has 66 valence electrons. The van der Waals surface area contributed by atoms with Gasteiger partial charge >= 0.3 is 0 Å². The monoisotopic (exact) mass is 165 g/mol. The van der Waals surface area contributed by atoms with Gasteiger partial charge < -0.3 is 10.6 Å². The highest BCUT2D eigenvalue weighted by Gasteiger charge is 2.22. The molecule has 0 aromatic rings. The predicted octanol–water partition coefficient (Wildman–Crippen LogP) is 0.747. The number of rotatable bonds is 3. The van der Waals surface area contributed by atoms with Gasteiger partial charge in [0, 0.05) is 37.2 Å². The number of allylic oxidation sites excluding steroid dienone is 1. The summed E-state index contributed by atoms with van der Waals surface area (Å²) in [6.07, 6.45) is 5.38. The summed E-state index contributed by atoms with van der Waals surface area (Å²) in [7, 11) is 0. The highest BCUT2D eigenvalue weighted by Crippen LogP contribution is 2.12. The largest absolute Gasteiger partial charge is 0.369 e. The summed E-state index contributed by atoms with van der Waals surface area (Å²) in [6, 6.07) is 0.324. The third-order valence-corrected chi connectivity index (χ3v) is 1.82. The Balaban J connectivity index is 2.29. The summed E-state index contributed by atoms with van der Waals surface area (Å²) in [6.45, 7) is 7.61. The number of nitrogens with two attached hydrogens (primary N) is 1. The fourth-order valence-electron chi connectivity index (χ4n) is 1.07. The van der Waals surface area contributed by atoms with Crippen molar-refractivity contribution in [2.75, 3.05) is 13.1 Å². The highest BCUT2D eigenvalue weighted by atomic mass is 15.2. The van der Waals surface area contributed by atoms with E-state index in [0.717, 1.165) is 18.8 Å². The van der Waals surface area contributed by atoms with Crippen LogP contribution in [0.15, 0.2) is 29.5 Å². The fraction of sp³-hybridized carbons (Fsp3) is 0.444. The molecule has 1 aliphatic heterocycles. The Morgan fingerprint density at radius 2 is 2.33 bits per heavy atom. The van der Waals surface area contributed by atoms with Crippen molar-refractivity contribution < 1.29 is 0 Å². The topological polar surface area (TPSA) is 41.6 Å². The summed E-state index contributed by atoms with van der Waals surface area (Å²) in [5.41, 5.74) is 6.61. The van der Waals surface area contributed by atoms with Crippen molar-refractivity contribution >= 4 is 6.21 Å². The average molecular weight is 165 g/mol. The lowest BCUT2D eigenvalue weighted by Gasteiger charge is -2.39. The first kappa shape index (κ1) is 9.00. The Morgan fingerprint density at radius 3 is 2.83 bits per heavy atom. The van der Waals surface area contributed by atoms with Crippen LogP contribution < -0.4 is 5.73 Å². The summed E-state index contributed by atoms with van der Waals surface area (Å²) >= 11 is 0. The van der Waals surface area contributed by atoms with Crippen molar-refractivity contribution in [3.8, 4) is 0 Å². The van der Waals surface area contributed by atoms with Gasteiger partial charge in [0.15, 0.2) is 0 Å². The molecule has 12 heavy (non-hydrogen) atoms. The van der Waals surface area contributed by atoms with Crippen LogP contribution in [0.2, 0.25) is 0 Å². The van der Waals surface area contributed by atoms with Crippen molar-refractivity contribution in [3.63, 3.8) is 0 Å². The molecule has 0 spiro atoms. The number of hydrogen-bond acceptors (Lipinski definition) is 3. The van der Waals surface area contributed by atoms with Crippen molar-refractivity contribution in [1.29, 1.82) is 0 Å². The molecular weight excluding hydrogens is 150 g/mol. The zero-order chi connectivity index (χ0) is 8.97. The Hall–Kier alpha value is -1.09. The highest BCUT2D eigenvalue weighted by molar-refractivity contribution is 5.54. The van der Waals surface area contributed by atoms with Gasteiger partial charge in [0.1, 0.15) is 0 Å². The van der Waals surface area contributed by atoms with E-state index < -0.39 is 0 Å². The zero-order valence-corrected chi connectivity index (χ0v) is 7.40. The van der Waals surface area contributed by atoms with Gasteiger partial charge in [-0.2, -0.15) is 0 Å². The van der Waals surface area contributed by atoms with Crippen molar-refractivity contribution in [3.05, 3.63) is 24.6 Å². The molecule has 0 atom stereocenters. The maximum Gasteiger partial charge on any atom is 0.0395 e. The van der Waals surface area contributed by atoms with Gasteiger partial charge in [0.2, 0.25) is 0 Å². The maximum atomic E-state index is 5.63. The quantitative estimate of drug-likeness (QED) is 0.495. The van der Waals surface area contributed by atoms with E-state index in [1.165, 1.54) is 0 Å². The number of nitrogens with zero attached hydrogens (tertiary/aromatic N) is 2. The second kappa shape index (κ2) is 4.07. The van der Waals surface area contributed by atoms with E-state index in [0.29, 0.717) is 6.04 Å². The van der Waals surface area contributed by atoms with Crippen LogP contribution in [-0.2, 0) is 0 Å². The van der Waals surface area contributed by atoms with E-state index >= 15 is 0 Å². The fourth-order valence-corrected chi connectivity index (χ4v) is 1.07.